The smallest absolute Gasteiger partial charge is 0.130 e. The van der Waals surface area contributed by atoms with Gasteiger partial charge >= 0.3 is 0 Å². The number of halogens is 1. The lowest BCUT2D eigenvalue weighted by Gasteiger charge is -2.17. The normalized spacial score (nSPS) is 14.4. The van der Waals surface area contributed by atoms with E-state index in [0.717, 1.165) is 12.0 Å². The maximum absolute atomic E-state index is 13.6. The SMILES string of the molecule is C=CC(OCc1ccccc1)C(F)CCC. The van der Waals surface area contributed by atoms with Crippen molar-refractivity contribution in [2.45, 2.75) is 38.6 Å². The first-order valence-corrected chi connectivity index (χ1v) is 5.70. The van der Waals surface area contributed by atoms with Gasteiger partial charge in [-0.25, -0.2) is 4.39 Å². The fourth-order valence-corrected chi connectivity index (χ4v) is 1.53. The maximum atomic E-state index is 13.6. The minimum Gasteiger partial charge on any atom is -0.366 e. The van der Waals surface area contributed by atoms with E-state index in [2.05, 4.69) is 6.58 Å². The molecule has 16 heavy (non-hydrogen) atoms. The van der Waals surface area contributed by atoms with E-state index in [9.17, 15) is 4.39 Å². The van der Waals surface area contributed by atoms with E-state index in [-0.39, 0.29) is 0 Å². The lowest BCUT2D eigenvalue weighted by molar-refractivity contribution is 0.0150. The van der Waals surface area contributed by atoms with Gasteiger partial charge in [0.15, 0.2) is 0 Å². The quantitative estimate of drug-likeness (QED) is 0.636. The summed E-state index contributed by atoms with van der Waals surface area (Å²) in [5.74, 6) is 0. The highest BCUT2D eigenvalue weighted by atomic mass is 19.1. The third kappa shape index (κ3) is 4.15. The standard InChI is InChI=1S/C14H19FO/c1-3-8-13(15)14(4-2)16-11-12-9-6-5-7-10-12/h4-7,9-10,13-14H,2-3,8,11H2,1H3. The van der Waals surface area contributed by atoms with E-state index in [4.69, 9.17) is 4.74 Å². The average molecular weight is 222 g/mol. The Morgan fingerprint density at radius 3 is 2.62 bits per heavy atom. The van der Waals surface area contributed by atoms with Crippen LogP contribution in [0.1, 0.15) is 25.3 Å². The van der Waals surface area contributed by atoms with Crippen LogP contribution in [-0.2, 0) is 11.3 Å². The van der Waals surface area contributed by atoms with Gasteiger partial charge in [-0.2, -0.15) is 0 Å². The second-order valence-electron chi connectivity index (χ2n) is 3.80. The molecule has 2 atom stereocenters. The zero-order chi connectivity index (χ0) is 11.8. The van der Waals surface area contributed by atoms with Crippen molar-refractivity contribution in [1.82, 2.24) is 0 Å². The highest BCUT2D eigenvalue weighted by Crippen LogP contribution is 2.13. The number of hydrogen-bond donors (Lipinski definition) is 0. The van der Waals surface area contributed by atoms with E-state index in [1.54, 1.807) is 6.08 Å². The Morgan fingerprint density at radius 2 is 2.06 bits per heavy atom. The molecule has 2 heteroatoms. The van der Waals surface area contributed by atoms with Crippen LogP contribution >= 0.6 is 0 Å². The molecule has 0 heterocycles. The molecule has 0 aromatic heterocycles. The largest absolute Gasteiger partial charge is 0.366 e. The van der Waals surface area contributed by atoms with Gasteiger partial charge < -0.3 is 4.74 Å². The second-order valence-corrected chi connectivity index (χ2v) is 3.80. The van der Waals surface area contributed by atoms with Crippen molar-refractivity contribution in [3.05, 3.63) is 48.6 Å². The van der Waals surface area contributed by atoms with Gasteiger partial charge in [0.25, 0.3) is 0 Å². The highest BCUT2D eigenvalue weighted by Gasteiger charge is 2.17. The zero-order valence-corrected chi connectivity index (χ0v) is 9.73. The minimum absolute atomic E-state index is 0.432. The molecule has 0 aliphatic heterocycles. The molecule has 0 aliphatic rings. The molecule has 0 amide bonds. The summed E-state index contributed by atoms with van der Waals surface area (Å²) in [6.45, 7) is 6.01. The van der Waals surface area contributed by atoms with Crippen LogP contribution in [-0.4, -0.2) is 12.3 Å². The number of benzene rings is 1. The molecule has 2 unspecified atom stereocenters. The molecular formula is C14H19FO. The molecule has 0 radical (unpaired) electrons. The molecular weight excluding hydrogens is 203 g/mol. The summed E-state index contributed by atoms with van der Waals surface area (Å²) in [5, 5.41) is 0. The molecule has 0 aliphatic carbocycles. The van der Waals surface area contributed by atoms with Gasteiger partial charge in [0.1, 0.15) is 12.3 Å². The van der Waals surface area contributed by atoms with Gasteiger partial charge in [0.2, 0.25) is 0 Å². The number of rotatable bonds is 7. The summed E-state index contributed by atoms with van der Waals surface area (Å²) in [5.41, 5.74) is 1.05. The zero-order valence-electron chi connectivity index (χ0n) is 9.73. The van der Waals surface area contributed by atoms with E-state index in [1.165, 1.54) is 0 Å². The number of hydrogen-bond acceptors (Lipinski definition) is 1. The van der Waals surface area contributed by atoms with Crippen molar-refractivity contribution in [1.29, 1.82) is 0 Å². The summed E-state index contributed by atoms with van der Waals surface area (Å²) >= 11 is 0. The van der Waals surface area contributed by atoms with Gasteiger partial charge in [-0.15, -0.1) is 6.58 Å². The Hall–Kier alpha value is -1.15. The fraction of sp³-hybridized carbons (Fsp3) is 0.429. The van der Waals surface area contributed by atoms with Crippen LogP contribution in [0.2, 0.25) is 0 Å². The van der Waals surface area contributed by atoms with Crippen molar-refractivity contribution in [3.63, 3.8) is 0 Å². The summed E-state index contributed by atoms with van der Waals surface area (Å²) in [6, 6.07) is 9.77. The molecule has 1 aromatic rings. The predicted molar refractivity (Wildman–Crippen MR) is 65.0 cm³/mol. The Labute approximate surface area is 96.9 Å². The van der Waals surface area contributed by atoms with E-state index >= 15 is 0 Å². The van der Waals surface area contributed by atoms with Crippen LogP contribution in [0, 0.1) is 0 Å². The fourth-order valence-electron chi connectivity index (χ4n) is 1.53. The molecule has 0 bridgehead atoms. The molecule has 88 valence electrons. The first-order chi connectivity index (χ1) is 7.77. The van der Waals surface area contributed by atoms with Gasteiger partial charge in [-0.1, -0.05) is 49.8 Å². The summed E-state index contributed by atoms with van der Waals surface area (Å²) in [4.78, 5) is 0. The van der Waals surface area contributed by atoms with Gasteiger partial charge in [-0.05, 0) is 12.0 Å². The van der Waals surface area contributed by atoms with E-state index in [1.807, 2.05) is 37.3 Å². The Kier molecular flexibility index (Phi) is 5.79. The van der Waals surface area contributed by atoms with Crippen molar-refractivity contribution in [3.8, 4) is 0 Å². The van der Waals surface area contributed by atoms with Crippen LogP contribution in [0.5, 0.6) is 0 Å². The molecule has 1 aromatic carbocycles. The predicted octanol–water partition coefficient (Wildman–Crippen LogP) is 3.90. The average Bonchev–Trinajstić information content (AvgIpc) is 2.31. The molecule has 1 rings (SSSR count). The lowest BCUT2D eigenvalue weighted by Crippen LogP contribution is -2.22. The first kappa shape index (κ1) is 12.9. The van der Waals surface area contributed by atoms with Crippen LogP contribution in [0.4, 0.5) is 4.39 Å². The van der Waals surface area contributed by atoms with Crippen LogP contribution < -0.4 is 0 Å². The summed E-state index contributed by atoms with van der Waals surface area (Å²) in [6.07, 6.45) is 1.43. The monoisotopic (exact) mass is 222 g/mol. The van der Waals surface area contributed by atoms with Crippen molar-refractivity contribution < 1.29 is 9.13 Å². The van der Waals surface area contributed by atoms with Crippen molar-refractivity contribution >= 4 is 0 Å². The van der Waals surface area contributed by atoms with Crippen LogP contribution in [0.15, 0.2) is 43.0 Å². The van der Waals surface area contributed by atoms with Crippen molar-refractivity contribution in [2.75, 3.05) is 0 Å². The third-order valence-corrected chi connectivity index (χ3v) is 2.44. The summed E-state index contributed by atoms with van der Waals surface area (Å²) < 4.78 is 19.1. The second kappa shape index (κ2) is 7.18. The number of alkyl halides is 1. The van der Waals surface area contributed by atoms with Gasteiger partial charge in [0, 0.05) is 0 Å². The lowest BCUT2D eigenvalue weighted by atomic mass is 10.1. The molecule has 0 spiro atoms. The Morgan fingerprint density at radius 1 is 1.38 bits per heavy atom. The molecule has 0 saturated carbocycles. The maximum Gasteiger partial charge on any atom is 0.130 e. The molecule has 1 nitrogen and oxygen atoms in total. The Balaban J connectivity index is 2.42. The molecule has 0 fully saturated rings. The van der Waals surface area contributed by atoms with Gasteiger partial charge in [0.05, 0.1) is 6.61 Å². The number of ether oxygens (including phenoxy) is 1. The van der Waals surface area contributed by atoms with Gasteiger partial charge in [-0.3, -0.25) is 0 Å². The van der Waals surface area contributed by atoms with Crippen LogP contribution in [0.3, 0.4) is 0 Å². The topological polar surface area (TPSA) is 9.23 Å². The molecule has 0 saturated heterocycles. The Bertz CT molecular complexity index is 297. The first-order valence-electron chi connectivity index (χ1n) is 5.70. The van der Waals surface area contributed by atoms with E-state index in [0.29, 0.717) is 13.0 Å². The summed E-state index contributed by atoms with van der Waals surface area (Å²) in [7, 11) is 0. The minimum atomic E-state index is -0.953. The molecule has 0 N–H and O–H groups in total. The highest BCUT2D eigenvalue weighted by molar-refractivity contribution is 5.13. The third-order valence-electron chi connectivity index (χ3n) is 2.44. The van der Waals surface area contributed by atoms with Crippen molar-refractivity contribution in [2.24, 2.45) is 0 Å². The van der Waals surface area contributed by atoms with Crippen LogP contribution in [0.25, 0.3) is 0 Å². The van der Waals surface area contributed by atoms with E-state index < -0.39 is 12.3 Å².